The highest BCUT2D eigenvalue weighted by atomic mass is 15.0. The molecule has 1 saturated heterocycles. The largest absolute Gasteiger partial charge is 0.311 e. The van der Waals surface area contributed by atoms with Crippen molar-refractivity contribution < 1.29 is 0 Å². The Morgan fingerprint density at radius 1 is 1.11 bits per heavy atom. The van der Waals surface area contributed by atoms with Crippen molar-refractivity contribution in [3.8, 4) is 0 Å². The van der Waals surface area contributed by atoms with Crippen molar-refractivity contribution >= 4 is 0 Å². The van der Waals surface area contributed by atoms with E-state index in [4.69, 9.17) is 0 Å². The van der Waals surface area contributed by atoms with E-state index < -0.39 is 0 Å². The Balaban J connectivity index is 1.65. The van der Waals surface area contributed by atoms with E-state index in [2.05, 4.69) is 12.2 Å². The van der Waals surface area contributed by atoms with Gasteiger partial charge in [-0.15, -0.1) is 0 Å². The number of rotatable bonds is 4. The zero-order valence-corrected chi connectivity index (χ0v) is 12.2. The molecule has 0 spiro atoms. The summed E-state index contributed by atoms with van der Waals surface area (Å²) in [5.74, 6) is 3.29. The highest BCUT2D eigenvalue weighted by Crippen LogP contribution is 2.51. The van der Waals surface area contributed by atoms with Crippen LogP contribution in [-0.4, -0.2) is 12.1 Å². The maximum absolute atomic E-state index is 3.98. The van der Waals surface area contributed by atoms with Gasteiger partial charge in [0, 0.05) is 5.54 Å². The monoisotopic (exact) mass is 249 g/mol. The summed E-state index contributed by atoms with van der Waals surface area (Å²) in [6, 6.07) is 0. The highest BCUT2D eigenvalue weighted by molar-refractivity contribution is 4.97. The summed E-state index contributed by atoms with van der Waals surface area (Å²) in [4.78, 5) is 0. The topological polar surface area (TPSA) is 12.0 Å². The van der Waals surface area contributed by atoms with Crippen LogP contribution < -0.4 is 5.32 Å². The third-order valence-corrected chi connectivity index (χ3v) is 6.10. The fourth-order valence-electron chi connectivity index (χ4n) is 5.30. The molecule has 0 aromatic rings. The van der Waals surface area contributed by atoms with E-state index in [9.17, 15) is 0 Å². The molecule has 1 nitrogen and oxygen atoms in total. The van der Waals surface area contributed by atoms with E-state index in [1.807, 2.05) is 0 Å². The molecule has 0 radical (unpaired) electrons. The third kappa shape index (κ3) is 2.61. The van der Waals surface area contributed by atoms with Crippen molar-refractivity contribution in [2.45, 2.75) is 83.1 Å². The first-order valence-electron chi connectivity index (χ1n) is 8.56. The molecule has 0 amide bonds. The Labute approximate surface area is 113 Å². The van der Waals surface area contributed by atoms with E-state index in [0.29, 0.717) is 5.54 Å². The first-order chi connectivity index (χ1) is 8.81. The Bertz CT molecular complexity index is 265. The average Bonchev–Trinajstić information content (AvgIpc) is 2.89. The first-order valence-corrected chi connectivity index (χ1v) is 8.56. The minimum absolute atomic E-state index is 0.528. The van der Waals surface area contributed by atoms with Crippen LogP contribution in [0, 0.1) is 17.8 Å². The van der Waals surface area contributed by atoms with Crippen LogP contribution in [-0.2, 0) is 0 Å². The molecule has 2 saturated carbocycles. The smallest absolute Gasteiger partial charge is 0.0184 e. The minimum Gasteiger partial charge on any atom is -0.311 e. The molecule has 0 aromatic carbocycles. The Kier molecular flexibility index (Phi) is 3.98. The molecule has 0 aromatic heterocycles. The normalized spacial score (nSPS) is 44.2. The highest BCUT2D eigenvalue weighted by Gasteiger charge is 2.43. The van der Waals surface area contributed by atoms with Crippen LogP contribution in [0.25, 0.3) is 0 Å². The number of hydrogen-bond donors (Lipinski definition) is 1. The molecule has 18 heavy (non-hydrogen) atoms. The predicted molar refractivity (Wildman–Crippen MR) is 77.7 cm³/mol. The Morgan fingerprint density at radius 2 is 2.06 bits per heavy atom. The second kappa shape index (κ2) is 5.53. The zero-order valence-electron chi connectivity index (χ0n) is 12.2. The quantitative estimate of drug-likeness (QED) is 0.772. The van der Waals surface area contributed by atoms with Crippen LogP contribution in [0.5, 0.6) is 0 Å². The molecule has 3 rings (SSSR count). The molecule has 1 aliphatic heterocycles. The van der Waals surface area contributed by atoms with Crippen molar-refractivity contribution in [1.82, 2.24) is 5.32 Å². The lowest BCUT2D eigenvalue weighted by Crippen LogP contribution is -2.46. The van der Waals surface area contributed by atoms with E-state index in [1.54, 1.807) is 25.7 Å². The van der Waals surface area contributed by atoms with Crippen LogP contribution >= 0.6 is 0 Å². The van der Waals surface area contributed by atoms with Gasteiger partial charge in [-0.2, -0.15) is 0 Å². The van der Waals surface area contributed by atoms with Gasteiger partial charge in [0.1, 0.15) is 0 Å². The molecular formula is C17H31N. The van der Waals surface area contributed by atoms with Crippen molar-refractivity contribution in [3.63, 3.8) is 0 Å². The molecule has 2 bridgehead atoms. The minimum atomic E-state index is 0.528. The van der Waals surface area contributed by atoms with Gasteiger partial charge in [0.05, 0.1) is 0 Å². The molecule has 1 heteroatoms. The van der Waals surface area contributed by atoms with E-state index in [-0.39, 0.29) is 0 Å². The van der Waals surface area contributed by atoms with Gasteiger partial charge in [0.25, 0.3) is 0 Å². The Morgan fingerprint density at radius 3 is 2.78 bits per heavy atom. The molecule has 104 valence electrons. The van der Waals surface area contributed by atoms with Crippen molar-refractivity contribution in [1.29, 1.82) is 0 Å². The SMILES string of the molecule is CCCC1(CC2CC3CCC2C3)CCCCCN1. The summed E-state index contributed by atoms with van der Waals surface area (Å²) in [5.41, 5.74) is 0.528. The predicted octanol–water partition coefficient (Wildman–Crippen LogP) is 4.52. The average molecular weight is 249 g/mol. The Hall–Kier alpha value is -0.0400. The number of hydrogen-bond acceptors (Lipinski definition) is 1. The fourth-order valence-corrected chi connectivity index (χ4v) is 5.30. The lowest BCUT2D eigenvalue weighted by molar-refractivity contribution is 0.186. The van der Waals surface area contributed by atoms with Crippen LogP contribution in [0.4, 0.5) is 0 Å². The van der Waals surface area contributed by atoms with Gasteiger partial charge in [-0.3, -0.25) is 0 Å². The summed E-state index contributed by atoms with van der Waals surface area (Å²) in [7, 11) is 0. The molecule has 3 aliphatic rings. The lowest BCUT2D eigenvalue weighted by atomic mass is 9.75. The summed E-state index contributed by atoms with van der Waals surface area (Å²) < 4.78 is 0. The van der Waals surface area contributed by atoms with Gasteiger partial charge in [0.15, 0.2) is 0 Å². The van der Waals surface area contributed by atoms with Gasteiger partial charge in [-0.1, -0.05) is 32.6 Å². The molecule has 1 heterocycles. The van der Waals surface area contributed by atoms with Crippen LogP contribution in [0.2, 0.25) is 0 Å². The summed E-state index contributed by atoms with van der Waals surface area (Å²) in [6.45, 7) is 3.65. The number of fused-ring (bicyclic) bond motifs is 2. The van der Waals surface area contributed by atoms with Crippen molar-refractivity contribution in [2.24, 2.45) is 17.8 Å². The molecule has 2 aliphatic carbocycles. The molecular weight excluding hydrogens is 218 g/mol. The van der Waals surface area contributed by atoms with Crippen molar-refractivity contribution in [2.75, 3.05) is 6.54 Å². The molecule has 4 unspecified atom stereocenters. The molecule has 4 atom stereocenters. The van der Waals surface area contributed by atoms with Crippen LogP contribution in [0.15, 0.2) is 0 Å². The second-order valence-electron chi connectivity index (χ2n) is 7.41. The zero-order chi connectivity index (χ0) is 12.4. The van der Waals surface area contributed by atoms with E-state index >= 15 is 0 Å². The summed E-state index contributed by atoms with van der Waals surface area (Å²) in [6.07, 6.45) is 16.3. The van der Waals surface area contributed by atoms with Gasteiger partial charge in [-0.25, -0.2) is 0 Å². The number of nitrogens with one attached hydrogen (secondary N) is 1. The van der Waals surface area contributed by atoms with Crippen LogP contribution in [0.1, 0.15) is 77.6 Å². The maximum atomic E-state index is 3.98. The molecule has 1 N–H and O–H groups in total. The lowest BCUT2D eigenvalue weighted by Gasteiger charge is -2.38. The van der Waals surface area contributed by atoms with E-state index in [0.717, 1.165) is 17.8 Å². The summed E-state index contributed by atoms with van der Waals surface area (Å²) >= 11 is 0. The van der Waals surface area contributed by atoms with Gasteiger partial charge in [-0.05, 0) is 69.2 Å². The summed E-state index contributed by atoms with van der Waals surface area (Å²) in [5, 5.41) is 3.98. The van der Waals surface area contributed by atoms with E-state index in [1.165, 1.54) is 51.5 Å². The third-order valence-electron chi connectivity index (χ3n) is 6.10. The first kappa shape index (κ1) is 13.0. The van der Waals surface area contributed by atoms with Crippen LogP contribution in [0.3, 0.4) is 0 Å². The standard InChI is InChI=1S/C17H31N/c1-2-8-17(9-4-3-5-10-18-17)13-16-12-14-6-7-15(16)11-14/h14-16,18H,2-13H2,1H3. The maximum Gasteiger partial charge on any atom is 0.0184 e. The van der Waals surface area contributed by atoms with Gasteiger partial charge < -0.3 is 5.32 Å². The van der Waals surface area contributed by atoms with Crippen molar-refractivity contribution in [3.05, 3.63) is 0 Å². The fraction of sp³-hybridized carbons (Fsp3) is 1.00. The van der Waals surface area contributed by atoms with Gasteiger partial charge >= 0.3 is 0 Å². The molecule has 3 fully saturated rings. The second-order valence-corrected chi connectivity index (χ2v) is 7.41. The van der Waals surface area contributed by atoms with Gasteiger partial charge in [0.2, 0.25) is 0 Å².